The first-order valence-electron chi connectivity index (χ1n) is 8.35. The molecule has 1 aromatic heterocycles. The molecule has 3 rings (SSSR count). The van der Waals surface area contributed by atoms with Crippen LogP contribution in [0.2, 0.25) is 10.0 Å². The number of nitrogens with two attached hydrogens (primary N) is 1. The summed E-state index contributed by atoms with van der Waals surface area (Å²) >= 11 is 12.4. The highest BCUT2D eigenvalue weighted by Gasteiger charge is 2.25. The van der Waals surface area contributed by atoms with Gasteiger partial charge in [-0.05, 0) is 13.0 Å². The van der Waals surface area contributed by atoms with E-state index in [0.29, 0.717) is 58.7 Å². The van der Waals surface area contributed by atoms with Crippen molar-refractivity contribution >= 4 is 35.2 Å². The molecule has 2 N–H and O–H groups in total. The second-order valence-corrected chi connectivity index (χ2v) is 6.95. The molecule has 1 aromatic carbocycles. The topological polar surface area (TPSA) is 105 Å². The van der Waals surface area contributed by atoms with Crippen LogP contribution in [-0.2, 0) is 4.74 Å². The standard InChI is InChI=1S/C18H17Cl2N5O2/c1-10-15(12-3-2-4-13(19)16(12)20)14(9-21)24-18(23-10)25-7-5-11(6-8-25)27-17(22)26/h2-4,11H,5-8H2,1H3,(H2,22,26). The SMILES string of the molecule is Cc1nc(N2CCC(OC(N)=O)CC2)nc(C#N)c1-c1cccc(Cl)c1Cl. The number of halogens is 2. The van der Waals surface area contributed by atoms with Gasteiger partial charge in [0.15, 0.2) is 5.69 Å². The van der Waals surface area contributed by atoms with Gasteiger partial charge in [-0.2, -0.15) is 5.26 Å². The molecular weight excluding hydrogens is 389 g/mol. The fourth-order valence-corrected chi connectivity index (χ4v) is 3.53. The number of rotatable bonds is 3. The molecule has 9 heteroatoms. The van der Waals surface area contributed by atoms with Crippen molar-refractivity contribution in [2.75, 3.05) is 18.0 Å². The zero-order chi connectivity index (χ0) is 19.6. The molecule has 0 spiro atoms. The van der Waals surface area contributed by atoms with E-state index in [1.165, 1.54) is 0 Å². The summed E-state index contributed by atoms with van der Waals surface area (Å²) in [5, 5.41) is 10.4. The van der Waals surface area contributed by atoms with E-state index in [0.717, 1.165) is 0 Å². The molecule has 0 saturated carbocycles. The van der Waals surface area contributed by atoms with Crippen LogP contribution in [0.1, 0.15) is 24.2 Å². The smallest absolute Gasteiger partial charge is 0.404 e. The molecular formula is C18H17Cl2N5O2. The fraction of sp³-hybridized carbons (Fsp3) is 0.333. The maximum absolute atomic E-state index is 10.9. The van der Waals surface area contributed by atoms with E-state index in [1.807, 2.05) is 11.8 Å². The second kappa shape index (κ2) is 7.99. The van der Waals surface area contributed by atoms with Gasteiger partial charge in [0.25, 0.3) is 0 Å². The van der Waals surface area contributed by atoms with Crippen molar-refractivity contribution in [2.24, 2.45) is 5.73 Å². The number of hydrogen-bond acceptors (Lipinski definition) is 6. The highest BCUT2D eigenvalue weighted by atomic mass is 35.5. The zero-order valence-electron chi connectivity index (χ0n) is 14.6. The van der Waals surface area contributed by atoms with Crippen molar-refractivity contribution < 1.29 is 9.53 Å². The number of ether oxygens (including phenoxy) is 1. The van der Waals surface area contributed by atoms with Crippen molar-refractivity contribution in [2.45, 2.75) is 25.9 Å². The molecule has 2 aromatic rings. The number of hydrogen-bond donors (Lipinski definition) is 1. The fourth-order valence-electron chi connectivity index (χ4n) is 3.14. The first kappa shape index (κ1) is 19.2. The summed E-state index contributed by atoms with van der Waals surface area (Å²) in [6.45, 7) is 3.00. The maximum Gasteiger partial charge on any atom is 0.404 e. The highest BCUT2D eigenvalue weighted by molar-refractivity contribution is 6.43. The third-order valence-electron chi connectivity index (χ3n) is 4.41. The normalized spacial score (nSPS) is 14.7. The van der Waals surface area contributed by atoms with Gasteiger partial charge in [0, 0.05) is 37.1 Å². The molecule has 0 radical (unpaired) electrons. The summed E-state index contributed by atoms with van der Waals surface area (Å²) in [6, 6.07) is 7.36. The number of aryl methyl sites for hydroxylation is 1. The molecule has 1 saturated heterocycles. The minimum atomic E-state index is -0.768. The minimum absolute atomic E-state index is 0.208. The molecule has 1 amide bonds. The Balaban J connectivity index is 1.91. The van der Waals surface area contributed by atoms with E-state index < -0.39 is 6.09 Å². The first-order valence-corrected chi connectivity index (χ1v) is 9.10. The molecule has 0 atom stereocenters. The number of anilines is 1. The van der Waals surface area contributed by atoms with Gasteiger partial charge in [0.05, 0.1) is 15.7 Å². The Bertz CT molecular complexity index is 921. The summed E-state index contributed by atoms with van der Waals surface area (Å²) in [5.41, 5.74) is 7.13. The van der Waals surface area contributed by atoms with E-state index in [-0.39, 0.29) is 11.8 Å². The first-order chi connectivity index (χ1) is 12.9. The minimum Gasteiger partial charge on any atom is -0.446 e. The average molecular weight is 406 g/mol. The van der Waals surface area contributed by atoms with Crippen LogP contribution in [0, 0.1) is 18.3 Å². The molecule has 27 heavy (non-hydrogen) atoms. The van der Waals surface area contributed by atoms with Gasteiger partial charge in [0.1, 0.15) is 12.2 Å². The van der Waals surface area contributed by atoms with Crippen LogP contribution in [0.15, 0.2) is 18.2 Å². The van der Waals surface area contributed by atoms with E-state index in [1.54, 1.807) is 18.2 Å². The van der Waals surface area contributed by atoms with Crippen molar-refractivity contribution in [1.82, 2.24) is 9.97 Å². The predicted molar refractivity (Wildman–Crippen MR) is 103 cm³/mol. The summed E-state index contributed by atoms with van der Waals surface area (Å²) in [4.78, 5) is 21.8. The van der Waals surface area contributed by atoms with Gasteiger partial charge < -0.3 is 15.4 Å². The number of nitrogens with zero attached hydrogens (tertiary/aromatic N) is 4. The number of aromatic nitrogens is 2. The number of carbonyl (C=O) groups excluding carboxylic acids is 1. The van der Waals surface area contributed by atoms with Crippen LogP contribution in [0.4, 0.5) is 10.7 Å². The average Bonchev–Trinajstić information content (AvgIpc) is 2.64. The van der Waals surface area contributed by atoms with Crippen LogP contribution < -0.4 is 10.6 Å². The number of primary amides is 1. The lowest BCUT2D eigenvalue weighted by molar-refractivity contribution is 0.0910. The zero-order valence-corrected chi connectivity index (χ0v) is 16.1. The number of nitriles is 1. The van der Waals surface area contributed by atoms with E-state index in [2.05, 4.69) is 16.0 Å². The summed E-state index contributed by atoms with van der Waals surface area (Å²) < 4.78 is 5.04. The van der Waals surface area contributed by atoms with Crippen LogP contribution in [0.5, 0.6) is 0 Å². The number of amides is 1. The van der Waals surface area contributed by atoms with Crippen LogP contribution in [0.3, 0.4) is 0 Å². The maximum atomic E-state index is 10.9. The molecule has 7 nitrogen and oxygen atoms in total. The van der Waals surface area contributed by atoms with Gasteiger partial charge in [-0.3, -0.25) is 0 Å². The third kappa shape index (κ3) is 4.07. The number of piperidine rings is 1. The van der Waals surface area contributed by atoms with Crippen molar-refractivity contribution in [3.8, 4) is 17.2 Å². The Hall–Kier alpha value is -2.56. The Morgan fingerprint density at radius 2 is 2.04 bits per heavy atom. The van der Waals surface area contributed by atoms with Crippen LogP contribution >= 0.6 is 23.2 Å². The van der Waals surface area contributed by atoms with Gasteiger partial charge in [0.2, 0.25) is 5.95 Å². The molecule has 0 unspecified atom stereocenters. The molecule has 2 heterocycles. The van der Waals surface area contributed by atoms with E-state index in [4.69, 9.17) is 33.7 Å². The Labute approximate surface area is 166 Å². The molecule has 1 aliphatic rings. The number of benzene rings is 1. The lowest BCUT2D eigenvalue weighted by Crippen LogP contribution is -2.39. The summed E-state index contributed by atoms with van der Waals surface area (Å²) in [6.07, 6.45) is 0.263. The second-order valence-electron chi connectivity index (χ2n) is 6.17. The Morgan fingerprint density at radius 1 is 1.33 bits per heavy atom. The molecule has 0 bridgehead atoms. The summed E-state index contributed by atoms with van der Waals surface area (Å²) in [7, 11) is 0. The lowest BCUT2D eigenvalue weighted by atomic mass is 10.0. The largest absolute Gasteiger partial charge is 0.446 e. The Morgan fingerprint density at radius 3 is 2.67 bits per heavy atom. The highest BCUT2D eigenvalue weighted by Crippen LogP contribution is 2.36. The van der Waals surface area contributed by atoms with Crippen molar-refractivity contribution in [3.05, 3.63) is 39.6 Å². The summed E-state index contributed by atoms with van der Waals surface area (Å²) in [5.74, 6) is 0.462. The lowest BCUT2D eigenvalue weighted by Gasteiger charge is -2.31. The van der Waals surface area contributed by atoms with Crippen LogP contribution in [0.25, 0.3) is 11.1 Å². The molecule has 0 aliphatic carbocycles. The van der Waals surface area contributed by atoms with Crippen molar-refractivity contribution in [3.63, 3.8) is 0 Å². The quantitative estimate of drug-likeness (QED) is 0.834. The van der Waals surface area contributed by atoms with E-state index >= 15 is 0 Å². The predicted octanol–water partition coefficient (Wildman–Crippen LogP) is 3.69. The van der Waals surface area contributed by atoms with Gasteiger partial charge >= 0.3 is 6.09 Å². The number of carbonyl (C=O) groups is 1. The van der Waals surface area contributed by atoms with Gasteiger partial charge in [-0.1, -0.05) is 35.3 Å². The monoisotopic (exact) mass is 405 g/mol. The molecule has 140 valence electrons. The molecule has 1 aliphatic heterocycles. The van der Waals surface area contributed by atoms with Crippen molar-refractivity contribution in [1.29, 1.82) is 5.26 Å². The van der Waals surface area contributed by atoms with Gasteiger partial charge in [-0.25, -0.2) is 14.8 Å². The third-order valence-corrected chi connectivity index (χ3v) is 5.23. The Kier molecular flexibility index (Phi) is 5.68. The van der Waals surface area contributed by atoms with Gasteiger partial charge in [-0.15, -0.1) is 0 Å². The van der Waals surface area contributed by atoms with E-state index in [9.17, 15) is 10.1 Å². The molecule has 1 fully saturated rings. The van der Waals surface area contributed by atoms with Crippen LogP contribution in [-0.4, -0.2) is 35.3 Å².